The van der Waals surface area contributed by atoms with Gasteiger partial charge in [-0.15, -0.1) is 0 Å². The molecule has 2 aromatic rings. The van der Waals surface area contributed by atoms with Crippen LogP contribution in [-0.4, -0.2) is 45.4 Å². The van der Waals surface area contributed by atoms with Crippen LogP contribution in [0.2, 0.25) is 0 Å². The fourth-order valence-corrected chi connectivity index (χ4v) is 4.37. The number of aliphatic hydroxyl groups is 1. The van der Waals surface area contributed by atoms with Gasteiger partial charge in [-0.05, 0) is 70.2 Å². The number of amides is 1. The summed E-state index contributed by atoms with van der Waals surface area (Å²) in [6, 6.07) is 10.4. The third-order valence-electron chi connectivity index (χ3n) is 6.04. The van der Waals surface area contributed by atoms with Crippen LogP contribution < -0.4 is 5.32 Å². The summed E-state index contributed by atoms with van der Waals surface area (Å²) in [6.07, 6.45) is -0.453. The number of halogens is 2. The van der Waals surface area contributed by atoms with Crippen LogP contribution in [-0.2, 0) is 12.0 Å². The van der Waals surface area contributed by atoms with Gasteiger partial charge in [0.15, 0.2) is 0 Å². The molecule has 1 aliphatic rings. The summed E-state index contributed by atoms with van der Waals surface area (Å²) in [6.45, 7) is 7.37. The Labute approximate surface area is 188 Å². The molecule has 0 saturated heterocycles. The standard InChI is InChI=1S/C25H32F2N2O3/c1-16-6-5-7-18(10-16)25(8-9-25)28-15-22(30)21(29(23(31)32)24(2,3)4)13-17-11-19(26)14-20(27)12-17/h5-7,10-12,14,21-22,28,30H,8-9,13,15H2,1-4H3,(H,31,32)/t21-,22+/m0/s1. The predicted molar refractivity (Wildman–Crippen MR) is 120 cm³/mol. The normalized spacial score (nSPS) is 17.0. The lowest BCUT2D eigenvalue weighted by molar-refractivity contribution is 0.00644. The van der Waals surface area contributed by atoms with E-state index >= 15 is 0 Å². The van der Waals surface area contributed by atoms with Crippen LogP contribution in [0.15, 0.2) is 42.5 Å². The quantitative estimate of drug-likeness (QED) is 0.554. The zero-order valence-electron chi connectivity index (χ0n) is 19.0. The van der Waals surface area contributed by atoms with Gasteiger partial charge < -0.3 is 15.5 Å². The smallest absolute Gasteiger partial charge is 0.408 e. The van der Waals surface area contributed by atoms with E-state index in [-0.39, 0.29) is 18.5 Å². The Bertz CT molecular complexity index is 950. The first-order valence-corrected chi connectivity index (χ1v) is 10.9. The second-order valence-corrected chi connectivity index (χ2v) is 9.77. The van der Waals surface area contributed by atoms with Crippen molar-refractivity contribution in [2.75, 3.05) is 6.54 Å². The monoisotopic (exact) mass is 446 g/mol. The van der Waals surface area contributed by atoms with Crippen LogP contribution in [0.1, 0.15) is 50.3 Å². The van der Waals surface area contributed by atoms with E-state index in [1.165, 1.54) is 17.0 Å². The minimum atomic E-state index is -1.20. The zero-order chi connectivity index (χ0) is 23.7. The fraction of sp³-hybridized carbons (Fsp3) is 0.480. The number of hydrogen-bond acceptors (Lipinski definition) is 3. The Morgan fingerprint density at radius 1 is 1.16 bits per heavy atom. The van der Waals surface area contributed by atoms with Crippen molar-refractivity contribution in [1.29, 1.82) is 0 Å². The van der Waals surface area contributed by atoms with E-state index in [2.05, 4.69) is 11.4 Å². The van der Waals surface area contributed by atoms with E-state index in [1.54, 1.807) is 20.8 Å². The number of nitrogens with zero attached hydrogens (tertiary/aromatic N) is 1. The summed E-state index contributed by atoms with van der Waals surface area (Å²) < 4.78 is 27.5. The number of rotatable bonds is 8. The average Bonchev–Trinajstić information content (AvgIpc) is 3.44. The highest BCUT2D eigenvalue weighted by molar-refractivity contribution is 5.66. The lowest BCUT2D eigenvalue weighted by Gasteiger charge is -2.42. The van der Waals surface area contributed by atoms with Crippen LogP contribution in [0.5, 0.6) is 0 Å². The average molecular weight is 447 g/mol. The molecule has 0 aromatic heterocycles. The molecule has 0 aliphatic heterocycles. The number of carbonyl (C=O) groups is 1. The molecule has 0 radical (unpaired) electrons. The predicted octanol–water partition coefficient (Wildman–Crippen LogP) is 4.60. The van der Waals surface area contributed by atoms with E-state index in [4.69, 9.17) is 0 Å². The van der Waals surface area contributed by atoms with Gasteiger partial charge in [0.25, 0.3) is 0 Å². The topological polar surface area (TPSA) is 72.8 Å². The summed E-state index contributed by atoms with van der Waals surface area (Å²) >= 11 is 0. The van der Waals surface area contributed by atoms with Gasteiger partial charge in [-0.2, -0.15) is 0 Å². The summed E-state index contributed by atoms with van der Waals surface area (Å²) in [5.74, 6) is -1.47. The Morgan fingerprint density at radius 3 is 2.28 bits per heavy atom. The lowest BCUT2D eigenvalue weighted by atomic mass is 9.94. The third kappa shape index (κ3) is 5.64. The van der Waals surface area contributed by atoms with Crippen molar-refractivity contribution in [2.45, 2.75) is 70.2 Å². The van der Waals surface area contributed by atoms with Gasteiger partial charge in [0.05, 0.1) is 12.1 Å². The number of benzene rings is 2. The van der Waals surface area contributed by atoms with Gasteiger partial charge in [0.2, 0.25) is 0 Å². The maximum Gasteiger partial charge on any atom is 0.408 e. The van der Waals surface area contributed by atoms with Gasteiger partial charge >= 0.3 is 6.09 Å². The molecule has 0 unspecified atom stereocenters. The first-order valence-electron chi connectivity index (χ1n) is 10.9. The number of aliphatic hydroxyl groups excluding tert-OH is 1. The molecular weight excluding hydrogens is 414 g/mol. The minimum absolute atomic E-state index is 0.0153. The molecule has 5 nitrogen and oxygen atoms in total. The molecule has 1 saturated carbocycles. The van der Waals surface area contributed by atoms with Crippen molar-refractivity contribution in [3.8, 4) is 0 Å². The highest BCUT2D eigenvalue weighted by atomic mass is 19.1. The molecule has 2 aromatic carbocycles. The Hall–Kier alpha value is -2.51. The van der Waals surface area contributed by atoms with Crippen molar-refractivity contribution in [1.82, 2.24) is 10.2 Å². The second-order valence-electron chi connectivity index (χ2n) is 9.77. The van der Waals surface area contributed by atoms with Crippen molar-refractivity contribution >= 4 is 6.09 Å². The highest BCUT2D eigenvalue weighted by Gasteiger charge is 2.45. The highest BCUT2D eigenvalue weighted by Crippen LogP contribution is 2.45. The van der Waals surface area contributed by atoms with Crippen LogP contribution in [0, 0.1) is 18.6 Å². The van der Waals surface area contributed by atoms with Crippen LogP contribution in [0.25, 0.3) is 0 Å². The number of aryl methyl sites for hydroxylation is 1. The molecule has 7 heteroatoms. The second kappa shape index (κ2) is 9.16. The van der Waals surface area contributed by atoms with E-state index in [1.807, 2.05) is 25.1 Å². The molecular formula is C25H32F2N2O3. The maximum absolute atomic E-state index is 13.8. The number of carboxylic acid groups (broad SMARTS) is 1. The van der Waals surface area contributed by atoms with Crippen molar-refractivity contribution in [3.63, 3.8) is 0 Å². The maximum atomic E-state index is 13.8. The summed E-state index contributed by atoms with van der Waals surface area (Å²) in [4.78, 5) is 13.3. The largest absolute Gasteiger partial charge is 0.465 e. The van der Waals surface area contributed by atoms with Crippen LogP contribution in [0.3, 0.4) is 0 Å². The van der Waals surface area contributed by atoms with Crippen molar-refractivity contribution in [2.24, 2.45) is 0 Å². The molecule has 3 N–H and O–H groups in total. The molecule has 0 heterocycles. The first kappa shape index (κ1) is 24.1. The van der Waals surface area contributed by atoms with Crippen LogP contribution >= 0.6 is 0 Å². The van der Waals surface area contributed by atoms with Crippen molar-refractivity contribution in [3.05, 3.63) is 70.8 Å². The molecule has 2 atom stereocenters. The van der Waals surface area contributed by atoms with Gasteiger partial charge in [-0.3, -0.25) is 4.90 Å². The molecule has 0 bridgehead atoms. The fourth-order valence-electron chi connectivity index (χ4n) is 4.37. The summed E-state index contributed by atoms with van der Waals surface area (Å²) in [7, 11) is 0. The Morgan fingerprint density at radius 2 is 1.78 bits per heavy atom. The SMILES string of the molecule is Cc1cccc(C2(NC[C@@H](O)[C@H](Cc3cc(F)cc(F)c3)N(C(=O)O)C(C)(C)C)CC2)c1. The molecule has 174 valence electrons. The lowest BCUT2D eigenvalue weighted by Crippen LogP contribution is -2.58. The minimum Gasteiger partial charge on any atom is -0.465 e. The zero-order valence-corrected chi connectivity index (χ0v) is 19.0. The van der Waals surface area contributed by atoms with E-state index in [9.17, 15) is 23.8 Å². The number of hydrogen-bond donors (Lipinski definition) is 3. The van der Waals surface area contributed by atoms with Gasteiger partial charge in [-0.1, -0.05) is 29.8 Å². The van der Waals surface area contributed by atoms with E-state index in [0.29, 0.717) is 5.56 Å². The Kier molecular flexibility index (Phi) is 6.91. The third-order valence-corrected chi connectivity index (χ3v) is 6.04. The van der Waals surface area contributed by atoms with Crippen LogP contribution in [0.4, 0.5) is 13.6 Å². The van der Waals surface area contributed by atoms with E-state index in [0.717, 1.165) is 30.0 Å². The molecule has 1 aliphatic carbocycles. The van der Waals surface area contributed by atoms with E-state index < -0.39 is 35.4 Å². The van der Waals surface area contributed by atoms with Crippen molar-refractivity contribution < 1.29 is 23.8 Å². The Balaban J connectivity index is 1.84. The first-order chi connectivity index (χ1) is 14.9. The van der Waals surface area contributed by atoms with Gasteiger partial charge in [0.1, 0.15) is 11.6 Å². The molecule has 3 rings (SSSR count). The molecule has 0 spiro atoms. The number of nitrogens with one attached hydrogen (secondary N) is 1. The molecule has 1 fully saturated rings. The van der Waals surface area contributed by atoms with Gasteiger partial charge in [0, 0.05) is 23.7 Å². The van der Waals surface area contributed by atoms with Gasteiger partial charge in [-0.25, -0.2) is 13.6 Å². The molecule has 32 heavy (non-hydrogen) atoms. The summed E-state index contributed by atoms with van der Waals surface area (Å²) in [5.41, 5.74) is 1.52. The molecule has 1 amide bonds. The summed E-state index contributed by atoms with van der Waals surface area (Å²) in [5, 5.41) is 24.5.